The van der Waals surface area contributed by atoms with E-state index in [0.29, 0.717) is 15.8 Å². The van der Waals surface area contributed by atoms with Crippen molar-refractivity contribution in [1.82, 2.24) is 4.90 Å². The molecule has 1 aromatic rings. The fourth-order valence-corrected chi connectivity index (χ4v) is 6.53. The second-order valence-corrected chi connectivity index (χ2v) is 10.1. The molecule has 2 fully saturated rings. The van der Waals surface area contributed by atoms with Gasteiger partial charge in [-0.2, -0.15) is 0 Å². The number of thiocarbonyl (C=S) groups is 1. The molecule has 9 heteroatoms. The van der Waals surface area contributed by atoms with Crippen LogP contribution in [0.15, 0.2) is 35.5 Å². The fraction of sp³-hybridized carbons (Fsp3) is 0.500. The number of hydrogen-bond donors (Lipinski definition) is 2. The zero-order valence-corrected chi connectivity index (χ0v) is 19.0. The van der Waals surface area contributed by atoms with Crippen molar-refractivity contribution in [3.8, 4) is 0 Å². The summed E-state index contributed by atoms with van der Waals surface area (Å²) >= 11 is 6.98. The van der Waals surface area contributed by atoms with Gasteiger partial charge >= 0.3 is 5.97 Å². The number of carboxylic acid groups (broad SMARTS) is 1. The van der Waals surface area contributed by atoms with E-state index in [4.69, 9.17) is 12.2 Å². The number of amides is 1. The van der Waals surface area contributed by atoms with Gasteiger partial charge in [-0.05, 0) is 49.5 Å². The molecule has 2 N–H and O–H groups in total. The molecule has 0 spiro atoms. The molecule has 4 rings (SSSR count). The summed E-state index contributed by atoms with van der Waals surface area (Å²) in [5.74, 6) is -1.71. The van der Waals surface area contributed by atoms with Gasteiger partial charge in [0.15, 0.2) is 0 Å². The van der Waals surface area contributed by atoms with E-state index >= 15 is 0 Å². The van der Waals surface area contributed by atoms with E-state index in [-0.39, 0.29) is 35.3 Å². The Labute approximate surface area is 190 Å². The summed E-state index contributed by atoms with van der Waals surface area (Å²) in [6.07, 6.45) is 1.78. The highest BCUT2D eigenvalue weighted by atomic mass is 32.2. The van der Waals surface area contributed by atoms with E-state index in [2.05, 4.69) is 0 Å². The molecular weight excluding hydrogens is 439 g/mol. The minimum Gasteiger partial charge on any atom is -0.477 e. The van der Waals surface area contributed by atoms with Crippen LogP contribution in [0.1, 0.15) is 26.2 Å². The Morgan fingerprint density at radius 2 is 2.16 bits per heavy atom. The molecule has 1 aliphatic carbocycles. The maximum absolute atomic E-state index is 13.5. The van der Waals surface area contributed by atoms with Crippen molar-refractivity contribution < 1.29 is 24.2 Å². The summed E-state index contributed by atoms with van der Waals surface area (Å²) in [4.78, 5) is 27.8. The van der Waals surface area contributed by atoms with Crippen LogP contribution in [-0.2, 0) is 9.59 Å². The number of β-lactam (4-membered cyclic amide) rings is 1. The van der Waals surface area contributed by atoms with E-state index in [1.165, 1.54) is 28.8 Å². The zero-order valence-electron chi connectivity index (χ0n) is 17.3. The van der Waals surface area contributed by atoms with Crippen molar-refractivity contribution in [2.45, 2.75) is 38.3 Å². The molecule has 2 heterocycles. The lowest BCUT2D eigenvalue weighted by Gasteiger charge is -2.47. The number of aliphatic carboxylic acids is 1. The Balaban J connectivity index is 1.53. The summed E-state index contributed by atoms with van der Waals surface area (Å²) < 4.78 is 14.1. The molecule has 1 amide bonds. The molecule has 1 saturated heterocycles. The number of fused-ring (bicyclic) bond motifs is 3. The Morgan fingerprint density at radius 3 is 2.81 bits per heavy atom. The predicted molar refractivity (Wildman–Crippen MR) is 121 cm³/mol. The molecule has 1 saturated carbocycles. The Morgan fingerprint density at radius 1 is 1.42 bits per heavy atom. The molecule has 3 aliphatic rings. The van der Waals surface area contributed by atoms with Crippen LogP contribution in [0.3, 0.4) is 0 Å². The number of anilines is 1. The summed E-state index contributed by atoms with van der Waals surface area (Å²) in [6.45, 7) is 1.59. The van der Waals surface area contributed by atoms with Crippen molar-refractivity contribution >= 4 is 45.9 Å². The van der Waals surface area contributed by atoms with E-state index in [1.54, 1.807) is 31.0 Å². The standard InChI is InChI=1S/C22H25FN2O4S2/c1-11(26)16-18-15-8-3-5-12(17(15)19(21(28)29)25(18)20(16)27)10-31-22(30)24(2)14-7-4-6-13(23)9-14/h4,6-7,9,11-12,15-16,18,26H,3,5,8,10H2,1-2H3,(H,28,29)/t11-,12+,15+,16-,18-/m1/s1. The maximum atomic E-state index is 13.5. The van der Waals surface area contributed by atoms with E-state index in [9.17, 15) is 24.2 Å². The molecule has 2 aliphatic heterocycles. The summed E-state index contributed by atoms with van der Waals surface area (Å²) in [5, 5.41) is 20.0. The first kappa shape index (κ1) is 22.2. The van der Waals surface area contributed by atoms with Crippen LogP contribution in [0.5, 0.6) is 0 Å². The third-order valence-corrected chi connectivity index (χ3v) is 8.34. The van der Waals surface area contributed by atoms with Gasteiger partial charge in [0, 0.05) is 24.4 Å². The number of nitrogens with zero attached hydrogens (tertiary/aromatic N) is 2. The first-order valence-corrected chi connectivity index (χ1v) is 11.8. The highest BCUT2D eigenvalue weighted by molar-refractivity contribution is 8.23. The van der Waals surface area contributed by atoms with Crippen LogP contribution in [0.4, 0.5) is 10.1 Å². The van der Waals surface area contributed by atoms with Crippen LogP contribution in [0.25, 0.3) is 0 Å². The lowest BCUT2D eigenvalue weighted by Crippen LogP contribution is -2.64. The topological polar surface area (TPSA) is 81.1 Å². The summed E-state index contributed by atoms with van der Waals surface area (Å²) in [5.41, 5.74) is 1.58. The van der Waals surface area contributed by atoms with Gasteiger partial charge in [-0.3, -0.25) is 4.79 Å². The molecular formula is C22H25FN2O4S2. The van der Waals surface area contributed by atoms with Crippen LogP contribution in [0.2, 0.25) is 0 Å². The number of carboxylic acids is 1. The van der Waals surface area contributed by atoms with Crippen LogP contribution in [-0.4, -0.2) is 56.3 Å². The van der Waals surface area contributed by atoms with E-state index in [1.807, 2.05) is 0 Å². The average molecular weight is 465 g/mol. The number of carbonyl (C=O) groups excluding carboxylic acids is 1. The monoisotopic (exact) mass is 464 g/mol. The van der Waals surface area contributed by atoms with Crippen molar-refractivity contribution in [2.24, 2.45) is 17.8 Å². The van der Waals surface area contributed by atoms with Gasteiger partial charge in [-0.25, -0.2) is 9.18 Å². The van der Waals surface area contributed by atoms with Gasteiger partial charge in [-0.15, -0.1) is 0 Å². The Hall–Kier alpha value is -1.97. The highest BCUT2D eigenvalue weighted by Crippen LogP contribution is 2.54. The van der Waals surface area contributed by atoms with Crippen LogP contribution >= 0.6 is 24.0 Å². The largest absolute Gasteiger partial charge is 0.477 e. The lowest BCUT2D eigenvalue weighted by atomic mass is 9.70. The van der Waals surface area contributed by atoms with Gasteiger partial charge in [0.2, 0.25) is 5.91 Å². The maximum Gasteiger partial charge on any atom is 0.352 e. The second-order valence-electron chi connectivity index (χ2n) is 8.42. The number of halogens is 1. The summed E-state index contributed by atoms with van der Waals surface area (Å²) in [6, 6.07) is 5.94. The minimum atomic E-state index is -1.09. The zero-order chi connectivity index (χ0) is 22.4. The molecule has 5 atom stereocenters. The minimum absolute atomic E-state index is 0.0123. The molecule has 0 radical (unpaired) electrons. The van der Waals surface area contributed by atoms with E-state index < -0.39 is 18.0 Å². The number of aliphatic hydroxyl groups is 1. The third-order valence-electron chi connectivity index (χ3n) is 6.62. The highest BCUT2D eigenvalue weighted by Gasteiger charge is 2.62. The average Bonchev–Trinajstić information content (AvgIpc) is 3.02. The van der Waals surface area contributed by atoms with Crippen molar-refractivity contribution in [2.75, 3.05) is 17.7 Å². The molecule has 0 unspecified atom stereocenters. The fourth-order valence-electron chi connectivity index (χ4n) is 5.23. The molecule has 1 aromatic carbocycles. The second kappa shape index (κ2) is 8.52. The molecule has 0 bridgehead atoms. The predicted octanol–water partition coefficient (Wildman–Crippen LogP) is 3.26. The molecule has 6 nitrogen and oxygen atoms in total. The number of benzene rings is 1. The molecule has 31 heavy (non-hydrogen) atoms. The van der Waals surface area contributed by atoms with Crippen LogP contribution in [0, 0.1) is 23.6 Å². The van der Waals surface area contributed by atoms with Gasteiger partial charge in [0.05, 0.1) is 18.1 Å². The lowest BCUT2D eigenvalue weighted by molar-refractivity contribution is -0.163. The molecule has 166 valence electrons. The van der Waals surface area contributed by atoms with Gasteiger partial charge < -0.3 is 20.0 Å². The van der Waals surface area contributed by atoms with E-state index in [0.717, 1.165) is 24.8 Å². The first-order chi connectivity index (χ1) is 14.7. The van der Waals surface area contributed by atoms with Crippen LogP contribution < -0.4 is 4.90 Å². The quantitative estimate of drug-likeness (QED) is 0.511. The SMILES string of the molecule is C[C@@H](O)[C@H]1C(=O)N2C(C(=O)O)=C3[C@H](CSC(=S)N(C)c4cccc(F)c4)CCC[C@@H]3[C@H]12. The number of hydrogen-bond acceptors (Lipinski definition) is 5. The number of rotatable bonds is 5. The van der Waals surface area contributed by atoms with Gasteiger partial charge in [0.25, 0.3) is 0 Å². The van der Waals surface area contributed by atoms with Crippen molar-refractivity contribution in [3.05, 3.63) is 41.4 Å². The van der Waals surface area contributed by atoms with Crippen molar-refractivity contribution in [3.63, 3.8) is 0 Å². The summed E-state index contributed by atoms with van der Waals surface area (Å²) in [7, 11) is 1.78. The normalized spacial score (nSPS) is 28.0. The van der Waals surface area contributed by atoms with Gasteiger partial charge in [0.1, 0.15) is 15.8 Å². The number of thioether (sulfide) groups is 1. The third kappa shape index (κ3) is 3.76. The van der Waals surface area contributed by atoms with Gasteiger partial charge in [-0.1, -0.05) is 36.5 Å². The Kier molecular flexibility index (Phi) is 6.11. The van der Waals surface area contributed by atoms with Crippen molar-refractivity contribution in [1.29, 1.82) is 0 Å². The molecule has 0 aromatic heterocycles. The smallest absolute Gasteiger partial charge is 0.352 e. The number of aliphatic hydroxyl groups excluding tert-OH is 1. The number of carbonyl (C=O) groups is 2. The first-order valence-electron chi connectivity index (χ1n) is 10.4. The Bertz CT molecular complexity index is 967.